The number of allylic oxidation sites excluding steroid dienone is 10. The first-order valence-corrected chi connectivity index (χ1v) is 9.16. The molecule has 1 aromatic rings. The van der Waals surface area contributed by atoms with Crippen LogP contribution < -0.4 is 0 Å². The summed E-state index contributed by atoms with van der Waals surface area (Å²) in [5.74, 6) is 0.208. The largest absolute Gasteiger partial charge is 0.289 e. The molecule has 2 heteroatoms. The first-order valence-electron chi connectivity index (χ1n) is 9.16. The highest BCUT2D eigenvalue weighted by atomic mass is 16.1. The molecule has 0 N–H and O–H groups in total. The molecule has 0 aliphatic heterocycles. The minimum Gasteiger partial charge on any atom is -0.289 e. The van der Waals surface area contributed by atoms with Crippen LogP contribution >= 0.6 is 0 Å². The third-order valence-corrected chi connectivity index (χ3v) is 4.98. The first kappa shape index (κ1) is 18.1. The SMILES string of the molecule is CCC1=C/C(=C2/C=C(CC)C(=O)C(c3ccc(C)cc3)=C2)C=C(C)C1=O. The molecule has 1 aromatic carbocycles. The minimum atomic E-state index is 0.0907. The van der Waals surface area contributed by atoms with Gasteiger partial charge in [0.25, 0.3) is 0 Å². The van der Waals surface area contributed by atoms with E-state index < -0.39 is 0 Å². The van der Waals surface area contributed by atoms with Crippen molar-refractivity contribution in [1.29, 1.82) is 0 Å². The molecule has 0 fully saturated rings. The van der Waals surface area contributed by atoms with Crippen molar-refractivity contribution in [3.8, 4) is 0 Å². The van der Waals surface area contributed by atoms with Crippen LogP contribution in [0.25, 0.3) is 5.57 Å². The van der Waals surface area contributed by atoms with E-state index in [1.54, 1.807) is 0 Å². The van der Waals surface area contributed by atoms with Gasteiger partial charge in [0.2, 0.25) is 0 Å². The predicted octanol–water partition coefficient (Wildman–Crippen LogP) is 5.46. The summed E-state index contributed by atoms with van der Waals surface area (Å²) in [7, 11) is 0. The summed E-state index contributed by atoms with van der Waals surface area (Å²) in [4.78, 5) is 25.1. The highest BCUT2D eigenvalue weighted by Crippen LogP contribution is 2.32. The summed E-state index contributed by atoms with van der Waals surface area (Å²) in [6.45, 7) is 7.89. The molecule has 0 unspecified atom stereocenters. The van der Waals surface area contributed by atoms with Gasteiger partial charge in [-0.2, -0.15) is 0 Å². The normalized spacial score (nSPS) is 20.5. The Morgan fingerprint density at radius 1 is 0.692 bits per heavy atom. The fourth-order valence-electron chi connectivity index (χ4n) is 3.34. The molecule has 2 aliphatic rings. The molecule has 0 heterocycles. The molecule has 132 valence electrons. The molecule has 0 saturated carbocycles. The Balaban J connectivity index is 2.18. The van der Waals surface area contributed by atoms with Crippen LogP contribution in [0.3, 0.4) is 0 Å². The fourth-order valence-corrected chi connectivity index (χ4v) is 3.34. The number of rotatable bonds is 3. The van der Waals surface area contributed by atoms with E-state index in [0.717, 1.165) is 39.0 Å². The van der Waals surface area contributed by atoms with Gasteiger partial charge in [0.1, 0.15) is 0 Å². The molecule has 0 amide bonds. The third kappa shape index (κ3) is 3.32. The maximum Gasteiger partial charge on any atom is 0.189 e. The second-order valence-corrected chi connectivity index (χ2v) is 6.87. The van der Waals surface area contributed by atoms with Crippen molar-refractivity contribution in [2.45, 2.75) is 40.5 Å². The highest BCUT2D eigenvalue weighted by Gasteiger charge is 2.23. The molecule has 0 atom stereocenters. The van der Waals surface area contributed by atoms with Crippen molar-refractivity contribution in [1.82, 2.24) is 0 Å². The summed E-state index contributed by atoms with van der Waals surface area (Å²) in [5, 5.41) is 0. The van der Waals surface area contributed by atoms with Gasteiger partial charge < -0.3 is 0 Å². The van der Waals surface area contributed by atoms with E-state index in [4.69, 9.17) is 0 Å². The lowest BCUT2D eigenvalue weighted by atomic mass is 9.84. The van der Waals surface area contributed by atoms with Gasteiger partial charge in [-0.25, -0.2) is 0 Å². The van der Waals surface area contributed by atoms with Crippen LogP contribution in [0.4, 0.5) is 0 Å². The van der Waals surface area contributed by atoms with E-state index in [0.29, 0.717) is 12.8 Å². The van der Waals surface area contributed by atoms with Gasteiger partial charge in [-0.1, -0.05) is 43.7 Å². The topological polar surface area (TPSA) is 34.1 Å². The number of aryl methyl sites for hydroxylation is 1. The zero-order valence-corrected chi connectivity index (χ0v) is 15.8. The Bertz CT molecular complexity index is 929. The quantitative estimate of drug-likeness (QED) is 0.729. The standard InChI is InChI=1S/C24H24O2/c1-5-17-12-20(11-16(4)23(17)25)21-13-18(6-2)24(26)22(14-21)19-9-7-15(3)8-10-19/h7-14H,5-6H2,1-4H3/b21-20-. The molecular weight excluding hydrogens is 320 g/mol. The van der Waals surface area contributed by atoms with E-state index in [1.807, 2.05) is 76.3 Å². The molecule has 3 rings (SSSR count). The van der Waals surface area contributed by atoms with E-state index in [1.165, 1.54) is 5.56 Å². The lowest BCUT2D eigenvalue weighted by molar-refractivity contribution is -0.112. The maximum atomic E-state index is 12.9. The van der Waals surface area contributed by atoms with Crippen LogP contribution in [0.5, 0.6) is 0 Å². The van der Waals surface area contributed by atoms with Crippen LogP contribution in [-0.2, 0) is 9.59 Å². The monoisotopic (exact) mass is 344 g/mol. The Labute approximate surface area is 155 Å². The van der Waals surface area contributed by atoms with Crippen LogP contribution in [0.15, 0.2) is 76.4 Å². The van der Waals surface area contributed by atoms with Gasteiger partial charge in [-0.15, -0.1) is 0 Å². The summed E-state index contributed by atoms with van der Waals surface area (Å²) < 4.78 is 0. The lowest BCUT2D eigenvalue weighted by Crippen LogP contribution is -2.12. The summed E-state index contributed by atoms with van der Waals surface area (Å²) >= 11 is 0. The zero-order chi connectivity index (χ0) is 18.8. The molecular formula is C24H24O2. The average Bonchev–Trinajstić information content (AvgIpc) is 2.65. The molecule has 0 radical (unpaired) electrons. The molecule has 26 heavy (non-hydrogen) atoms. The first-order chi connectivity index (χ1) is 12.4. The van der Waals surface area contributed by atoms with Gasteiger partial charge in [0, 0.05) is 16.7 Å². The van der Waals surface area contributed by atoms with Gasteiger partial charge in [-0.3, -0.25) is 9.59 Å². The number of hydrogen-bond acceptors (Lipinski definition) is 2. The Morgan fingerprint density at radius 2 is 1.23 bits per heavy atom. The predicted molar refractivity (Wildman–Crippen MR) is 107 cm³/mol. The van der Waals surface area contributed by atoms with E-state index in [2.05, 4.69) is 0 Å². The summed E-state index contributed by atoms with van der Waals surface area (Å²) in [6.07, 6.45) is 9.22. The van der Waals surface area contributed by atoms with Gasteiger partial charge in [0.05, 0.1) is 0 Å². The van der Waals surface area contributed by atoms with Crippen molar-refractivity contribution in [3.63, 3.8) is 0 Å². The zero-order valence-electron chi connectivity index (χ0n) is 15.8. The van der Waals surface area contributed by atoms with Crippen LogP contribution in [0, 0.1) is 6.92 Å². The van der Waals surface area contributed by atoms with Crippen molar-refractivity contribution < 1.29 is 9.59 Å². The number of benzene rings is 1. The average molecular weight is 344 g/mol. The molecule has 2 nitrogen and oxygen atoms in total. The Kier molecular flexibility index (Phi) is 5.03. The molecule has 0 saturated heterocycles. The van der Waals surface area contributed by atoms with Crippen molar-refractivity contribution in [2.24, 2.45) is 0 Å². The number of hydrogen-bond donors (Lipinski definition) is 0. The fraction of sp³-hybridized carbons (Fsp3) is 0.250. The summed E-state index contributed by atoms with van der Waals surface area (Å²) in [6, 6.07) is 8.05. The highest BCUT2D eigenvalue weighted by molar-refractivity contribution is 6.30. The molecule has 0 aromatic heterocycles. The van der Waals surface area contributed by atoms with E-state index in [9.17, 15) is 9.59 Å². The van der Waals surface area contributed by atoms with Gasteiger partial charge >= 0.3 is 0 Å². The van der Waals surface area contributed by atoms with Crippen LogP contribution in [-0.4, -0.2) is 11.6 Å². The smallest absolute Gasteiger partial charge is 0.189 e. The van der Waals surface area contributed by atoms with Gasteiger partial charge in [0.15, 0.2) is 11.6 Å². The molecule has 0 bridgehead atoms. The number of Topliss-reactive ketones (excluding diaryl/α,β-unsaturated/α-hetero) is 2. The van der Waals surface area contributed by atoms with Crippen molar-refractivity contribution in [3.05, 3.63) is 87.6 Å². The lowest BCUT2D eigenvalue weighted by Gasteiger charge is -2.19. The summed E-state index contributed by atoms with van der Waals surface area (Å²) in [5.41, 5.74) is 7.20. The van der Waals surface area contributed by atoms with Crippen LogP contribution in [0.1, 0.15) is 44.7 Å². The Morgan fingerprint density at radius 3 is 1.81 bits per heavy atom. The van der Waals surface area contributed by atoms with Crippen molar-refractivity contribution >= 4 is 17.1 Å². The maximum absolute atomic E-state index is 12.9. The van der Waals surface area contributed by atoms with E-state index in [-0.39, 0.29) is 11.6 Å². The number of ketones is 2. The van der Waals surface area contributed by atoms with Crippen LogP contribution in [0.2, 0.25) is 0 Å². The molecule has 0 spiro atoms. The second kappa shape index (κ2) is 7.25. The number of carbonyl (C=O) groups is 2. The second-order valence-electron chi connectivity index (χ2n) is 6.87. The minimum absolute atomic E-state index is 0.0907. The van der Waals surface area contributed by atoms with E-state index >= 15 is 0 Å². The van der Waals surface area contributed by atoms with Gasteiger partial charge in [-0.05, 0) is 73.3 Å². The Hall–Kier alpha value is -2.74. The third-order valence-electron chi connectivity index (χ3n) is 4.98. The molecule has 2 aliphatic carbocycles. The number of carbonyl (C=O) groups excluding carboxylic acids is 2. The van der Waals surface area contributed by atoms with Crippen molar-refractivity contribution in [2.75, 3.05) is 0 Å².